The molecule has 180 valence electrons. The van der Waals surface area contributed by atoms with Gasteiger partial charge >= 0.3 is 5.97 Å². The second-order valence-electron chi connectivity index (χ2n) is 8.28. The van der Waals surface area contributed by atoms with Crippen molar-refractivity contribution in [1.82, 2.24) is 4.90 Å². The molecule has 2 aromatic carbocycles. The zero-order chi connectivity index (χ0) is 24.8. The monoisotopic (exact) mass is 472 g/mol. The van der Waals surface area contributed by atoms with E-state index in [4.69, 9.17) is 4.99 Å². The lowest BCUT2D eigenvalue weighted by atomic mass is 9.99. The molecule has 2 atom stereocenters. The molecule has 34 heavy (non-hydrogen) atoms. The summed E-state index contributed by atoms with van der Waals surface area (Å²) in [5.74, 6) is -2.22. The fourth-order valence-corrected chi connectivity index (χ4v) is 3.58. The van der Waals surface area contributed by atoms with Crippen molar-refractivity contribution in [2.45, 2.75) is 39.0 Å². The number of rotatable bonds is 8. The van der Waals surface area contributed by atoms with Crippen LogP contribution in [0, 0.1) is 17.6 Å². The van der Waals surface area contributed by atoms with Gasteiger partial charge < -0.3 is 14.7 Å². The molecule has 1 aliphatic rings. The van der Waals surface area contributed by atoms with Crippen LogP contribution in [0.1, 0.15) is 37.8 Å². The Hall–Kier alpha value is -3.39. The number of allylic oxidation sites excluding steroid dienone is 2. The highest BCUT2D eigenvalue weighted by Crippen LogP contribution is 2.32. The highest BCUT2D eigenvalue weighted by Gasteiger charge is 2.28. The molecule has 3 rings (SSSR count). The molecule has 0 radical (unpaired) electrons. The lowest BCUT2D eigenvalue weighted by molar-refractivity contribution is -0.150. The Labute approximate surface area is 196 Å². The summed E-state index contributed by atoms with van der Waals surface area (Å²) in [6, 6.07) is 11.7. The van der Waals surface area contributed by atoms with Gasteiger partial charge in [-0.25, -0.2) is 18.0 Å². The third-order valence-electron chi connectivity index (χ3n) is 5.39. The van der Waals surface area contributed by atoms with Gasteiger partial charge in [0.1, 0.15) is 23.6 Å². The summed E-state index contributed by atoms with van der Waals surface area (Å²) < 4.78 is 46.5. The summed E-state index contributed by atoms with van der Waals surface area (Å²) in [4.78, 5) is 17.8. The molecule has 0 fully saturated rings. The Morgan fingerprint density at radius 3 is 2.18 bits per heavy atom. The van der Waals surface area contributed by atoms with E-state index >= 15 is 0 Å². The quantitative estimate of drug-likeness (QED) is 0.536. The minimum Gasteiger partial charge on any atom is -0.467 e. The lowest BCUT2D eigenvalue weighted by Crippen LogP contribution is -2.36. The van der Waals surface area contributed by atoms with Gasteiger partial charge in [0.25, 0.3) is 0 Å². The van der Waals surface area contributed by atoms with Crippen LogP contribution in [0.5, 0.6) is 0 Å². The van der Waals surface area contributed by atoms with Crippen molar-refractivity contribution in [2.24, 2.45) is 10.9 Å². The molecule has 1 unspecified atom stereocenters. The molecule has 1 aliphatic heterocycles. The van der Waals surface area contributed by atoms with E-state index < -0.39 is 29.9 Å². The van der Waals surface area contributed by atoms with Crippen LogP contribution in [-0.2, 0) is 9.53 Å². The lowest BCUT2D eigenvalue weighted by Gasteiger charge is -2.36. The van der Waals surface area contributed by atoms with Crippen LogP contribution in [0.15, 0.2) is 71.6 Å². The number of esters is 1. The summed E-state index contributed by atoms with van der Waals surface area (Å²) in [5.41, 5.74) is 2.50. The van der Waals surface area contributed by atoms with E-state index in [9.17, 15) is 23.1 Å². The van der Waals surface area contributed by atoms with Gasteiger partial charge in [-0.2, -0.15) is 0 Å². The van der Waals surface area contributed by atoms with Crippen LogP contribution in [0.2, 0.25) is 0 Å². The maximum Gasteiger partial charge on any atom is 0.334 e. The molecule has 0 bridgehead atoms. The van der Waals surface area contributed by atoms with Gasteiger partial charge in [-0.3, -0.25) is 4.99 Å². The van der Waals surface area contributed by atoms with Crippen LogP contribution in [0.25, 0.3) is 5.70 Å². The first-order valence-corrected chi connectivity index (χ1v) is 10.9. The molecule has 5 nitrogen and oxygen atoms in total. The third kappa shape index (κ3) is 6.14. The number of methoxy groups -OCH3 is 1. The Kier molecular flexibility index (Phi) is 8.28. The first-order chi connectivity index (χ1) is 16.2. The molecule has 0 aromatic heterocycles. The number of ether oxygens (including phenoxy) is 1. The van der Waals surface area contributed by atoms with Gasteiger partial charge in [-0.05, 0) is 72.5 Å². The smallest absolute Gasteiger partial charge is 0.334 e. The molecule has 0 spiro atoms. The number of carbonyl (C=O) groups is 1. The fourth-order valence-electron chi connectivity index (χ4n) is 3.58. The van der Waals surface area contributed by atoms with Crippen LogP contribution < -0.4 is 0 Å². The number of nitrogens with zero attached hydrogens (tertiary/aromatic N) is 2. The third-order valence-corrected chi connectivity index (χ3v) is 5.39. The first-order valence-electron chi connectivity index (χ1n) is 10.9. The highest BCUT2D eigenvalue weighted by molar-refractivity contribution is 6.13. The van der Waals surface area contributed by atoms with E-state index in [0.717, 1.165) is 7.11 Å². The summed E-state index contributed by atoms with van der Waals surface area (Å²) in [7, 11) is 1.15. The Bertz CT molecular complexity index is 1090. The minimum absolute atomic E-state index is 0.0516. The van der Waals surface area contributed by atoms with Gasteiger partial charge in [-0.15, -0.1) is 0 Å². The Balaban J connectivity index is 2.01. The summed E-state index contributed by atoms with van der Waals surface area (Å²) >= 11 is 0. The number of hydrogen-bond acceptors (Lipinski definition) is 5. The average Bonchev–Trinajstić information content (AvgIpc) is 2.83. The molecule has 0 saturated heterocycles. The summed E-state index contributed by atoms with van der Waals surface area (Å²) in [5, 5.41) is 9.77. The maximum atomic E-state index is 14.9. The summed E-state index contributed by atoms with van der Waals surface area (Å²) in [6.07, 6.45) is 0.752. The second kappa shape index (κ2) is 11.2. The van der Waals surface area contributed by atoms with Gasteiger partial charge in [0, 0.05) is 18.2 Å². The first kappa shape index (κ1) is 25.2. The number of carbonyl (C=O) groups excluding carboxylic acids is 1. The van der Waals surface area contributed by atoms with Crippen molar-refractivity contribution < 1.29 is 27.8 Å². The van der Waals surface area contributed by atoms with E-state index in [2.05, 4.69) is 4.74 Å². The van der Waals surface area contributed by atoms with Crippen LogP contribution in [0.3, 0.4) is 0 Å². The van der Waals surface area contributed by atoms with Crippen molar-refractivity contribution in [3.05, 3.63) is 89.4 Å². The van der Waals surface area contributed by atoms with E-state index in [1.807, 2.05) is 13.8 Å². The van der Waals surface area contributed by atoms with Crippen molar-refractivity contribution >= 4 is 17.4 Å². The zero-order valence-electron chi connectivity index (χ0n) is 19.2. The number of hydrogen-bond donors (Lipinski definition) is 1. The molecular weight excluding hydrogens is 445 g/mol. The number of benzene rings is 2. The van der Waals surface area contributed by atoms with Gasteiger partial charge in [-0.1, -0.05) is 13.8 Å². The highest BCUT2D eigenvalue weighted by atomic mass is 19.1. The van der Waals surface area contributed by atoms with E-state index in [-0.39, 0.29) is 24.6 Å². The van der Waals surface area contributed by atoms with Crippen LogP contribution >= 0.6 is 0 Å². The van der Waals surface area contributed by atoms with E-state index in [0.29, 0.717) is 22.5 Å². The predicted octanol–water partition coefficient (Wildman–Crippen LogP) is 5.22. The van der Waals surface area contributed by atoms with Crippen molar-refractivity contribution in [3.8, 4) is 0 Å². The topological polar surface area (TPSA) is 62.1 Å². The standard InChI is InChI=1S/C26H27F3N2O3/c1-16(2)25-30-22(17-4-8-19(27)9-5-17)14-23(18-6-10-20(28)11-7-18)31(25)15-21(29)12-13-24(32)26(33)34-3/h4-11,14-16,24-25,32H,12-13H2,1-3H3/t24-,25?/m0/s1. The van der Waals surface area contributed by atoms with E-state index in [1.54, 1.807) is 35.2 Å². The largest absolute Gasteiger partial charge is 0.467 e. The SMILES string of the molecule is COC(=O)[C@@H](O)CCC(F)=CN1C(c2ccc(F)cc2)=CC(c2ccc(F)cc2)=NC1C(C)C. The van der Waals surface area contributed by atoms with Crippen molar-refractivity contribution in [3.63, 3.8) is 0 Å². The summed E-state index contributed by atoms with van der Waals surface area (Å²) in [6.45, 7) is 3.87. The van der Waals surface area contributed by atoms with E-state index in [1.165, 1.54) is 30.5 Å². The zero-order valence-corrected chi connectivity index (χ0v) is 19.2. The fraction of sp³-hybridized carbons (Fsp3) is 0.308. The molecule has 1 heterocycles. The molecule has 0 aliphatic carbocycles. The number of aliphatic hydroxyl groups is 1. The van der Waals surface area contributed by atoms with Gasteiger partial charge in [0.05, 0.1) is 18.5 Å². The molecule has 0 amide bonds. The molecule has 2 aromatic rings. The average molecular weight is 473 g/mol. The Morgan fingerprint density at radius 1 is 1.09 bits per heavy atom. The molecule has 1 N–H and O–H groups in total. The molecular formula is C26H27F3N2O3. The van der Waals surface area contributed by atoms with Gasteiger partial charge in [0.15, 0.2) is 6.10 Å². The predicted molar refractivity (Wildman–Crippen MR) is 124 cm³/mol. The minimum atomic E-state index is -1.43. The number of aliphatic imine (C=N–C) groups is 1. The Morgan fingerprint density at radius 2 is 1.65 bits per heavy atom. The van der Waals surface area contributed by atoms with Crippen molar-refractivity contribution in [2.75, 3.05) is 7.11 Å². The second-order valence-corrected chi connectivity index (χ2v) is 8.28. The number of halogens is 3. The molecule has 8 heteroatoms. The van der Waals surface area contributed by atoms with Crippen LogP contribution in [-0.4, -0.2) is 41.1 Å². The normalized spacial score (nSPS) is 17.4. The van der Waals surface area contributed by atoms with Crippen LogP contribution in [0.4, 0.5) is 13.2 Å². The van der Waals surface area contributed by atoms with Crippen molar-refractivity contribution in [1.29, 1.82) is 0 Å². The molecule has 0 saturated carbocycles. The van der Waals surface area contributed by atoms with Gasteiger partial charge in [0.2, 0.25) is 0 Å². The maximum absolute atomic E-state index is 14.9. The number of aliphatic hydroxyl groups excluding tert-OH is 1.